The molecule has 0 aromatic heterocycles. The third-order valence-electron chi connectivity index (χ3n) is 10.0. The molecule has 0 saturated heterocycles. The summed E-state index contributed by atoms with van der Waals surface area (Å²) in [7, 11) is 0. The lowest BCUT2D eigenvalue weighted by molar-refractivity contribution is -0.176. The molecule has 0 amide bonds. The molecule has 6 rings (SSSR count). The van der Waals surface area contributed by atoms with Gasteiger partial charge in [0.2, 0.25) is 0 Å². The predicted octanol–water partition coefficient (Wildman–Crippen LogP) is 7.56. The Morgan fingerprint density at radius 2 is 0.969 bits per heavy atom. The molecule has 2 N–H and O–H groups in total. The zero-order valence-electron chi connectivity index (χ0n) is 20.8. The molecule has 0 radical (unpaired) electrons. The maximum absolute atomic E-state index is 11.2. The fourth-order valence-electron chi connectivity index (χ4n) is 8.77. The maximum Gasteiger partial charge on any atom is 0.119 e. The minimum Gasteiger partial charge on any atom is -0.508 e. The second kappa shape index (κ2) is 6.78. The van der Waals surface area contributed by atoms with Gasteiger partial charge in [0.1, 0.15) is 11.5 Å². The smallest absolute Gasteiger partial charge is 0.119 e. The third-order valence-corrected chi connectivity index (χ3v) is 10.0. The molecule has 32 heavy (non-hydrogen) atoms. The van der Waals surface area contributed by atoms with E-state index in [1.807, 2.05) is 12.1 Å². The number of rotatable bonds is 4. The summed E-state index contributed by atoms with van der Waals surface area (Å²) in [6.07, 6.45) is 6.90. The first-order chi connectivity index (χ1) is 14.9. The van der Waals surface area contributed by atoms with Crippen LogP contribution in [0.25, 0.3) is 0 Å². The second-order valence-electron chi connectivity index (χ2n) is 12.7. The maximum atomic E-state index is 11.2. The highest BCUT2D eigenvalue weighted by Gasteiger charge is 2.70. The summed E-state index contributed by atoms with van der Waals surface area (Å²) < 4.78 is 0. The van der Waals surface area contributed by atoms with E-state index in [0.29, 0.717) is 23.3 Å². The number of phenolic OH excluding ortho intramolecular Hbond substituents is 2. The molecule has 4 aliphatic carbocycles. The van der Waals surface area contributed by atoms with Crippen molar-refractivity contribution in [2.75, 3.05) is 0 Å². The quantitative estimate of drug-likeness (QED) is 0.523. The van der Waals surface area contributed by atoms with E-state index in [1.54, 1.807) is 0 Å². The largest absolute Gasteiger partial charge is 0.508 e. The fourth-order valence-corrected chi connectivity index (χ4v) is 8.77. The average Bonchev–Trinajstić information content (AvgIpc) is 2.66. The van der Waals surface area contributed by atoms with Crippen LogP contribution < -0.4 is 0 Å². The van der Waals surface area contributed by atoms with Crippen molar-refractivity contribution in [3.8, 4) is 11.5 Å². The summed E-state index contributed by atoms with van der Waals surface area (Å²) >= 11 is 0. The first kappa shape index (κ1) is 21.9. The molecule has 2 aromatic carbocycles. The SMILES string of the molecule is Cc1ccc(C23CC4(c5ccc(C)cc5O)CC(C(C)C)(C2)CC(C(C)C)(C3)C4)c(O)c1. The van der Waals surface area contributed by atoms with E-state index in [4.69, 9.17) is 0 Å². The Labute approximate surface area is 194 Å². The van der Waals surface area contributed by atoms with E-state index in [-0.39, 0.29) is 21.7 Å². The number of aromatic hydroxyl groups is 2. The lowest BCUT2D eigenvalue weighted by Crippen LogP contribution is -2.66. The summed E-state index contributed by atoms with van der Waals surface area (Å²) in [4.78, 5) is 0. The standard InChI is InChI=1S/C30H40O2/c1-19(2)27-13-28(20(3)4)16-29(14-27,23-9-7-21(5)11-25(23)31)18-30(15-27,17-28)24-10-8-22(6)12-26(24)32/h7-12,19-20,31-32H,13-18H2,1-6H3. The van der Waals surface area contributed by atoms with E-state index < -0.39 is 0 Å². The Morgan fingerprint density at radius 1 is 0.594 bits per heavy atom. The van der Waals surface area contributed by atoms with Gasteiger partial charge in [-0.2, -0.15) is 0 Å². The molecule has 4 saturated carbocycles. The Balaban J connectivity index is 1.79. The van der Waals surface area contributed by atoms with Gasteiger partial charge < -0.3 is 10.2 Å². The monoisotopic (exact) mass is 432 g/mol. The van der Waals surface area contributed by atoms with Crippen LogP contribution in [0, 0.1) is 36.5 Å². The molecular formula is C30H40O2. The van der Waals surface area contributed by atoms with E-state index in [9.17, 15) is 10.2 Å². The number of phenols is 2. The van der Waals surface area contributed by atoms with Gasteiger partial charge in [0.05, 0.1) is 0 Å². The molecule has 0 heterocycles. The number of benzene rings is 2. The molecule has 172 valence electrons. The van der Waals surface area contributed by atoms with Crippen molar-refractivity contribution < 1.29 is 10.2 Å². The summed E-state index contributed by atoms with van der Waals surface area (Å²) in [6.45, 7) is 13.7. The Morgan fingerprint density at radius 3 is 1.28 bits per heavy atom. The van der Waals surface area contributed by atoms with Crippen molar-refractivity contribution in [1.29, 1.82) is 0 Å². The number of hydrogen-bond donors (Lipinski definition) is 2. The lowest BCUT2D eigenvalue weighted by atomic mass is 9.31. The van der Waals surface area contributed by atoms with Crippen LogP contribution in [-0.4, -0.2) is 10.2 Å². The highest BCUT2D eigenvalue weighted by atomic mass is 16.3. The first-order valence-electron chi connectivity index (χ1n) is 12.6. The van der Waals surface area contributed by atoms with Crippen LogP contribution in [0.3, 0.4) is 0 Å². The van der Waals surface area contributed by atoms with Crippen LogP contribution in [0.2, 0.25) is 0 Å². The predicted molar refractivity (Wildman–Crippen MR) is 131 cm³/mol. The Kier molecular flexibility index (Phi) is 4.63. The highest BCUT2D eigenvalue weighted by molar-refractivity contribution is 5.50. The van der Waals surface area contributed by atoms with Crippen molar-refractivity contribution in [3.63, 3.8) is 0 Å². The minimum absolute atomic E-state index is 0.0433. The summed E-state index contributed by atoms with van der Waals surface area (Å²) in [5, 5.41) is 22.4. The van der Waals surface area contributed by atoms with Crippen LogP contribution in [0.1, 0.15) is 88.5 Å². The van der Waals surface area contributed by atoms with Crippen molar-refractivity contribution >= 4 is 0 Å². The molecule has 0 unspecified atom stereocenters. The zero-order chi connectivity index (χ0) is 23.1. The van der Waals surface area contributed by atoms with Crippen molar-refractivity contribution in [1.82, 2.24) is 0 Å². The summed E-state index contributed by atoms with van der Waals surface area (Å²) in [6, 6.07) is 12.7. The molecule has 4 bridgehead atoms. The normalized spacial score (nSPS) is 35.8. The fraction of sp³-hybridized carbons (Fsp3) is 0.600. The van der Waals surface area contributed by atoms with Gasteiger partial charge in [-0.1, -0.05) is 52.0 Å². The first-order valence-corrected chi connectivity index (χ1v) is 12.6. The molecular weight excluding hydrogens is 392 g/mol. The molecule has 2 aromatic rings. The third kappa shape index (κ3) is 2.90. The highest BCUT2D eigenvalue weighted by Crippen LogP contribution is 2.78. The van der Waals surface area contributed by atoms with E-state index in [2.05, 4.69) is 65.8 Å². The van der Waals surface area contributed by atoms with Gasteiger partial charge in [-0.25, -0.2) is 0 Å². The molecule has 2 heteroatoms. The molecule has 0 aliphatic heterocycles. The van der Waals surface area contributed by atoms with Gasteiger partial charge in [0.15, 0.2) is 0 Å². The molecule has 4 fully saturated rings. The van der Waals surface area contributed by atoms with Gasteiger partial charge in [-0.05, 0) is 98.3 Å². The molecule has 2 nitrogen and oxygen atoms in total. The lowest BCUT2D eigenvalue weighted by Gasteiger charge is -2.73. The van der Waals surface area contributed by atoms with Crippen molar-refractivity contribution in [3.05, 3.63) is 58.7 Å². The van der Waals surface area contributed by atoms with Crippen LogP contribution in [-0.2, 0) is 10.8 Å². The number of hydrogen-bond acceptors (Lipinski definition) is 2. The van der Waals surface area contributed by atoms with Crippen molar-refractivity contribution in [2.45, 2.75) is 90.9 Å². The van der Waals surface area contributed by atoms with Crippen LogP contribution in [0.5, 0.6) is 11.5 Å². The van der Waals surface area contributed by atoms with E-state index in [0.717, 1.165) is 54.4 Å². The summed E-state index contributed by atoms with van der Waals surface area (Å²) in [5.74, 6) is 2.07. The summed E-state index contributed by atoms with van der Waals surface area (Å²) in [5.41, 5.74) is 4.89. The van der Waals surface area contributed by atoms with Crippen LogP contribution >= 0.6 is 0 Å². The average molecular weight is 433 g/mol. The van der Waals surface area contributed by atoms with Crippen LogP contribution in [0.4, 0.5) is 0 Å². The molecule has 0 spiro atoms. The van der Waals surface area contributed by atoms with E-state index >= 15 is 0 Å². The zero-order valence-corrected chi connectivity index (χ0v) is 20.8. The van der Waals surface area contributed by atoms with Gasteiger partial charge in [0.25, 0.3) is 0 Å². The van der Waals surface area contributed by atoms with Gasteiger partial charge in [-0.15, -0.1) is 0 Å². The minimum atomic E-state index is -0.0433. The van der Waals surface area contributed by atoms with E-state index in [1.165, 1.54) is 6.42 Å². The second-order valence-corrected chi connectivity index (χ2v) is 12.7. The van der Waals surface area contributed by atoms with Crippen LogP contribution in [0.15, 0.2) is 36.4 Å². The molecule has 0 atom stereocenters. The van der Waals surface area contributed by atoms with Gasteiger partial charge >= 0.3 is 0 Å². The van der Waals surface area contributed by atoms with Crippen molar-refractivity contribution in [2.24, 2.45) is 22.7 Å². The number of aryl methyl sites for hydroxylation is 2. The van der Waals surface area contributed by atoms with Gasteiger partial charge in [-0.3, -0.25) is 0 Å². The van der Waals surface area contributed by atoms with Gasteiger partial charge in [0, 0.05) is 22.0 Å². The Bertz CT molecular complexity index is 965. The Hall–Kier alpha value is -1.96. The molecule has 4 aliphatic rings. The topological polar surface area (TPSA) is 40.5 Å².